The van der Waals surface area contributed by atoms with E-state index in [2.05, 4.69) is 60.1 Å². The highest BCUT2D eigenvalue weighted by atomic mass is 35.5. The molecular formula is C83H103ClF6N14O12S. The fraction of sp³-hybridized carbons (Fsp3) is 0.530. The van der Waals surface area contributed by atoms with Crippen LogP contribution in [-0.2, 0) is 76.0 Å². The second-order valence-corrected chi connectivity index (χ2v) is 33.5. The van der Waals surface area contributed by atoms with Gasteiger partial charge in [-0.25, -0.2) is 69.3 Å². The number of aldehydes is 1. The van der Waals surface area contributed by atoms with E-state index < -0.39 is 66.2 Å². The molecule has 0 spiro atoms. The van der Waals surface area contributed by atoms with Gasteiger partial charge < -0.3 is 43.6 Å². The number of ether oxygens (including phenoxy) is 5. The number of amides is 2. The lowest BCUT2D eigenvalue weighted by molar-refractivity contribution is -0.108. The zero-order chi connectivity index (χ0) is 83.1. The first-order chi connectivity index (χ1) is 55.4. The summed E-state index contributed by atoms with van der Waals surface area (Å²) >= 11 is 0. The number of alkyl halides is 6. The van der Waals surface area contributed by atoms with Crippen molar-refractivity contribution in [1.82, 2.24) is 69.9 Å². The van der Waals surface area contributed by atoms with Crippen LogP contribution in [0.4, 0.5) is 35.9 Å². The van der Waals surface area contributed by atoms with E-state index in [1.807, 2.05) is 81.4 Å². The first-order valence-corrected chi connectivity index (χ1v) is 41.2. The van der Waals surface area contributed by atoms with Crippen LogP contribution in [0, 0.1) is 23.7 Å². The third-order valence-electron chi connectivity index (χ3n) is 20.3. The maximum absolute atomic E-state index is 13.0. The van der Waals surface area contributed by atoms with Gasteiger partial charge in [-0.1, -0.05) is 49.2 Å². The summed E-state index contributed by atoms with van der Waals surface area (Å²) in [4.78, 5) is 107. The minimum Gasteiger partial charge on any atom is -0.457 e. The van der Waals surface area contributed by atoms with Crippen molar-refractivity contribution in [2.24, 2.45) is 23.7 Å². The summed E-state index contributed by atoms with van der Waals surface area (Å²) in [7, 11) is -3.42. The summed E-state index contributed by atoms with van der Waals surface area (Å²) in [5.41, 5.74) is 8.97. The van der Waals surface area contributed by atoms with E-state index >= 15 is 0 Å². The zero-order valence-electron chi connectivity index (χ0n) is 67.0. The Kier molecular flexibility index (Phi) is 33.6. The number of aromatic nitrogens is 10. The van der Waals surface area contributed by atoms with Gasteiger partial charge in [0.1, 0.15) is 17.5 Å². The molecule has 2 amide bonds. The monoisotopic (exact) mass is 1670 g/mol. The highest BCUT2D eigenvalue weighted by molar-refractivity contribution is 7.90. The molecule has 0 atom stereocenters. The number of nitrogens with zero attached hydrogens (tertiary/aromatic N) is 13. The van der Waals surface area contributed by atoms with Crippen molar-refractivity contribution < 1.29 is 82.4 Å². The summed E-state index contributed by atoms with van der Waals surface area (Å²) in [6.45, 7) is 14.6. The summed E-state index contributed by atoms with van der Waals surface area (Å²) in [5, 5.41) is 4.89. The fourth-order valence-electron chi connectivity index (χ4n) is 14.5. The number of Topliss-reactive ketones (excluding diaryl/α,β-unsaturated/α-hetero) is 2. The third kappa shape index (κ3) is 28.5. The van der Waals surface area contributed by atoms with Crippen molar-refractivity contribution in [3.8, 4) is 18.0 Å². The molecule has 6 aromatic heterocycles. The van der Waals surface area contributed by atoms with Crippen molar-refractivity contribution >= 4 is 74.1 Å². The molecule has 632 valence electrons. The summed E-state index contributed by atoms with van der Waals surface area (Å²) in [5.74, 6) is 2.60. The number of nitrogens with one attached hydrogen (secondary N) is 1. The maximum Gasteiger partial charge on any atom is 0.410 e. The third-order valence-corrected chi connectivity index (χ3v) is 21.2. The van der Waals surface area contributed by atoms with E-state index in [4.69, 9.17) is 23.7 Å². The molecule has 0 radical (unpaired) electrons. The molecule has 0 bridgehead atoms. The summed E-state index contributed by atoms with van der Waals surface area (Å²) < 4.78 is 121. The molecule has 0 saturated heterocycles. The van der Waals surface area contributed by atoms with Gasteiger partial charge in [0.25, 0.3) is 19.3 Å². The molecule has 2 saturated carbocycles. The molecule has 117 heavy (non-hydrogen) atoms. The predicted molar refractivity (Wildman–Crippen MR) is 426 cm³/mol. The van der Waals surface area contributed by atoms with Gasteiger partial charge in [0.15, 0.2) is 31.4 Å². The van der Waals surface area contributed by atoms with E-state index in [1.165, 1.54) is 25.2 Å². The number of hydrogen-bond acceptors (Lipinski definition) is 24. The Morgan fingerprint density at radius 2 is 0.923 bits per heavy atom. The van der Waals surface area contributed by atoms with Crippen LogP contribution in [0.3, 0.4) is 0 Å². The molecule has 8 aromatic rings. The molecule has 10 heterocycles. The maximum atomic E-state index is 13.0. The number of benzene rings is 2. The largest absolute Gasteiger partial charge is 0.457 e. The van der Waals surface area contributed by atoms with Gasteiger partial charge in [-0.3, -0.25) is 24.5 Å². The molecule has 2 fully saturated rings. The Hall–Kier alpha value is -9.73. The van der Waals surface area contributed by atoms with Crippen LogP contribution in [0.2, 0.25) is 0 Å². The second-order valence-electron chi connectivity index (χ2n) is 31.6. The SMILES string of the molecule is CC(C)(C)OC(=O)N1CCc2nc(OCC(F)F)ncc2C1.CC(C)(C)OC(=O)N1CCc2nc(S(C)(=O)=O)ncc2C1.Cl.FC(F)COc1ncc2c(n1)CCNC2.O=C(CC1CCC(CCN2CCc3nc(OCC(F)F)ncc3C2)CC1)c1cccc2ncccc12.O=CCC1CCC(CC(=O)c2cccc3ncccc23)CC1. The number of carbonyl (C=O) groups excluding carboxylic acids is 5. The normalized spacial score (nSPS) is 17.8. The van der Waals surface area contributed by atoms with Gasteiger partial charge in [0.05, 0.1) is 46.9 Å². The summed E-state index contributed by atoms with van der Waals surface area (Å²) in [6.07, 6.45) is 18.0. The van der Waals surface area contributed by atoms with E-state index in [0.717, 1.165) is 170 Å². The molecular weight excluding hydrogens is 1570 g/mol. The first-order valence-electron chi connectivity index (χ1n) is 39.3. The highest BCUT2D eigenvalue weighted by Crippen LogP contribution is 2.37. The van der Waals surface area contributed by atoms with Crippen LogP contribution in [0.15, 0.2) is 103 Å². The number of rotatable bonds is 21. The minimum atomic E-state index is -3.42. The van der Waals surface area contributed by atoms with E-state index in [-0.39, 0.29) is 53.3 Å². The van der Waals surface area contributed by atoms with Crippen molar-refractivity contribution in [3.63, 3.8) is 0 Å². The molecule has 1 N–H and O–H groups in total. The zero-order valence-corrected chi connectivity index (χ0v) is 68.6. The van der Waals surface area contributed by atoms with Crippen molar-refractivity contribution in [1.29, 1.82) is 0 Å². The van der Waals surface area contributed by atoms with E-state index in [0.29, 0.717) is 93.3 Å². The molecule has 2 aliphatic carbocycles. The number of sulfone groups is 1. The van der Waals surface area contributed by atoms with Crippen LogP contribution >= 0.6 is 12.4 Å². The Morgan fingerprint density at radius 1 is 0.513 bits per heavy atom. The van der Waals surface area contributed by atoms with Gasteiger partial charge in [0, 0.05) is 172 Å². The second kappa shape index (κ2) is 43.1. The Morgan fingerprint density at radius 3 is 1.37 bits per heavy atom. The predicted octanol–water partition coefficient (Wildman–Crippen LogP) is 14.5. The van der Waals surface area contributed by atoms with Gasteiger partial charge in [-0.2, -0.15) is 15.0 Å². The first kappa shape index (κ1) is 91.2. The van der Waals surface area contributed by atoms with Gasteiger partial charge in [-0.05, 0) is 141 Å². The van der Waals surface area contributed by atoms with Crippen molar-refractivity contribution in [2.45, 2.75) is 206 Å². The van der Waals surface area contributed by atoms with Gasteiger partial charge >= 0.3 is 30.2 Å². The minimum absolute atomic E-state index is 0. The molecule has 6 aliphatic rings. The Balaban J connectivity index is 0.000000172. The number of hydrogen-bond donors (Lipinski definition) is 1. The lowest BCUT2D eigenvalue weighted by atomic mass is 9.78. The number of fused-ring (bicyclic) bond motifs is 6. The average molecular weight is 1670 g/mol. The van der Waals surface area contributed by atoms with Gasteiger partial charge in [-0.15, -0.1) is 12.4 Å². The lowest BCUT2D eigenvalue weighted by Crippen LogP contribution is -2.40. The van der Waals surface area contributed by atoms with Crippen LogP contribution < -0.4 is 19.5 Å². The van der Waals surface area contributed by atoms with Crippen LogP contribution in [-0.4, -0.2) is 192 Å². The summed E-state index contributed by atoms with van der Waals surface area (Å²) in [6, 6.07) is 19.3. The molecule has 2 aromatic carbocycles. The quantitative estimate of drug-likeness (QED) is 0.0302. The average Bonchev–Trinajstić information content (AvgIpc) is 0.821. The topological polar surface area (TPSA) is 316 Å². The molecule has 34 heteroatoms. The lowest BCUT2D eigenvalue weighted by Gasteiger charge is -2.32. The molecule has 14 rings (SSSR count). The van der Waals surface area contributed by atoms with Crippen LogP contribution in [0.5, 0.6) is 18.0 Å². The Bertz CT molecular complexity index is 4760. The van der Waals surface area contributed by atoms with Crippen LogP contribution in [0.25, 0.3) is 21.8 Å². The Labute approximate surface area is 683 Å². The number of pyridine rings is 2. The van der Waals surface area contributed by atoms with Gasteiger partial charge in [0.2, 0.25) is 15.0 Å². The van der Waals surface area contributed by atoms with Crippen molar-refractivity contribution in [2.75, 3.05) is 58.8 Å². The van der Waals surface area contributed by atoms with Crippen LogP contribution in [0.1, 0.15) is 184 Å². The van der Waals surface area contributed by atoms with E-state index in [9.17, 15) is 58.7 Å². The molecule has 4 aliphatic heterocycles. The number of ketones is 2. The fourth-order valence-corrected chi connectivity index (χ4v) is 15.0. The van der Waals surface area contributed by atoms with E-state index in [1.54, 1.807) is 55.4 Å². The van der Waals surface area contributed by atoms with Crippen molar-refractivity contribution in [3.05, 3.63) is 154 Å². The standard InChI is InChI=1S/C28H32F2N4O2.C19H21NO2.C14H19F2N3O3.C13H19N3O4S.C9H11F2N3O.ClH/c29-27(30)18-36-28-32-16-21-17-34(14-11-24(21)33-28)13-10-19-6-8-20(9-7-19)15-26(35)23-3-1-5-25-22(23)4-2-12-31-25;21-12-10-14-6-8-15(9-7-14)13-19(22)17-3-1-5-18-16(17)4-2-11-20-18;1-14(2,3)22-13(20)19-5-4-10-9(7-19)6-17-12(18-10)21-8-11(15)16;1-13(2,3)20-12(17)16-6-5-10-9(8-16)7-14-11(15-10)21(4,18)19;10-8(11)5-15-9-13-4-6-3-12-2-1-7(6)14-9;/h1-5,12,16,19-20,27H,6-11,13-15,17-18H2;1-5,11-12,14-15H,6-10,13H2;6,11H,4-5,7-8H2,1-3H3;7H,5-6,8H2,1-4H3;4,8,12H,1-3,5H2;1H. The molecule has 26 nitrogen and oxygen atoms in total. The smallest absolute Gasteiger partial charge is 0.410 e. The highest BCUT2D eigenvalue weighted by Gasteiger charge is 2.32. The molecule has 0 unspecified atom stereocenters. The number of halogens is 7. The number of carbonyl (C=O) groups is 5.